The summed E-state index contributed by atoms with van der Waals surface area (Å²) >= 11 is 0. The van der Waals surface area contributed by atoms with Gasteiger partial charge in [-0.2, -0.15) is 0 Å². The van der Waals surface area contributed by atoms with Crippen LogP contribution in [0.5, 0.6) is 0 Å². The van der Waals surface area contributed by atoms with Gasteiger partial charge in [0.25, 0.3) is 0 Å². The van der Waals surface area contributed by atoms with Crippen molar-refractivity contribution in [2.75, 3.05) is 6.54 Å². The maximum Gasteiger partial charge on any atom is 0.159 e. The summed E-state index contributed by atoms with van der Waals surface area (Å²) in [6, 6.07) is 2.08. The number of aromatic nitrogens is 3. The van der Waals surface area contributed by atoms with Gasteiger partial charge in [0, 0.05) is 13.2 Å². The molecule has 2 N–H and O–H groups in total. The van der Waals surface area contributed by atoms with Crippen LogP contribution in [-0.4, -0.2) is 21.1 Å². The summed E-state index contributed by atoms with van der Waals surface area (Å²) in [5.41, 5.74) is 8.55. The Morgan fingerprint density at radius 1 is 1.43 bits per heavy atom. The third-order valence-corrected chi connectivity index (χ3v) is 2.28. The summed E-state index contributed by atoms with van der Waals surface area (Å²) in [6.45, 7) is 0.722. The van der Waals surface area contributed by atoms with Gasteiger partial charge in [-0.05, 0) is 31.0 Å². The van der Waals surface area contributed by atoms with Crippen molar-refractivity contribution in [3.8, 4) is 0 Å². The normalized spacial score (nSPS) is 11.0. The van der Waals surface area contributed by atoms with Gasteiger partial charge in [-0.15, -0.1) is 0 Å². The number of nitrogens with two attached hydrogens (primary N) is 1. The molecule has 4 nitrogen and oxygen atoms in total. The van der Waals surface area contributed by atoms with Crippen LogP contribution in [0.15, 0.2) is 18.6 Å². The molecule has 2 rings (SSSR count). The lowest BCUT2D eigenvalue weighted by Crippen LogP contribution is -2.00. The van der Waals surface area contributed by atoms with Gasteiger partial charge in [0.2, 0.25) is 0 Å². The number of hydrogen-bond donors (Lipinski definition) is 1. The van der Waals surface area contributed by atoms with E-state index < -0.39 is 0 Å². The Balaban J connectivity index is 2.32. The Labute approximate surface area is 82.8 Å². The lowest BCUT2D eigenvalue weighted by atomic mass is 10.1. The zero-order valence-corrected chi connectivity index (χ0v) is 8.27. The minimum Gasteiger partial charge on any atom is -0.330 e. The molecular weight excluding hydrogens is 176 g/mol. The molecule has 0 saturated carbocycles. The largest absolute Gasteiger partial charge is 0.330 e. The first-order valence-electron chi connectivity index (χ1n) is 4.77. The fourth-order valence-corrected chi connectivity index (χ4v) is 1.50. The summed E-state index contributed by atoms with van der Waals surface area (Å²) in [5.74, 6) is 0. The highest BCUT2D eigenvalue weighted by Crippen LogP contribution is 2.11. The molecule has 0 atom stereocenters. The predicted octanol–water partition coefficient (Wildman–Crippen LogP) is 0.860. The van der Waals surface area contributed by atoms with Gasteiger partial charge in [0.15, 0.2) is 5.65 Å². The molecular formula is C10H14N4. The number of rotatable bonds is 3. The van der Waals surface area contributed by atoms with Crippen LogP contribution in [0.4, 0.5) is 0 Å². The first-order valence-corrected chi connectivity index (χ1v) is 4.77. The van der Waals surface area contributed by atoms with Crippen molar-refractivity contribution in [1.82, 2.24) is 14.5 Å². The highest BCUT2D eigenvalue weighted by atomic mass is 15.1. The maximum atomic E-state index is 5.45. The average molecular weight is 190 g/mol. The minimum atomic E-state index is 0.722. The van der Waals surface area contributed by atoms with E-state index in [-0.39, 0.29) is 0 Å². The van der Waals surface area contributed by atoms with Crippen molar-refractivity contribution >= 4 is 11.2 Å². The quantitative estimate of drug-likeness (QED) is 0.781. The van der Waals surface area contributed by atoms with E-state index in [4.69, 9.17) is 5.73 Å². The van der Waals surface area contributed by atoms with Crippen LogP contribution in [0.25, 0.3) is 11.2 Å². The van der Waals surface area contributed by atoms with Crippen molar-refractivity contribution in [2.24, 2.45) is 12.8 Å². The first-order chi connectivity index (χ1) is 6.81. The fraction of sp³-hybridized carbons (Fsp3) is 0.400. The first kappa shape index (κ1) is 9.15. The standard InChI is InChI=1S/C10H14N4/c1-14-7-13-9-5-8(3-2-4-11)6-12-10(9)14/h5-7H,2-4,11H2,1H3. The second kappa shape index (κ2) is 3.75. The molecule has 0 fully saturated rings. The molecule has 0 aliphatic rings. The molecule has 0 aromatic carbocycles. The van der Waals surface area contributed by atoms with Gasteiger partial charge >= 0.3 is 0 Å². The third kappa shape index (κ3) is 1.61. The average Bonchev–Trinajstić information content (AvgIpc) is 2.57. The fourth-order valence-electron chi connectivity index (χ4n) is 1.50. The zero-order chi connectivity index (χ0) is 9.97. The molecule has 0 amide bonds. The van der Waals surface area contributed by atoms with Crippen LogP contribution in [0.2, 0.25) is 0 Å². The smallest absolute Gasteiger partial charge is 0.159 e. The van der Waals surface area contributed by atoms with Gasteiger partial charge in [-0.3, -0.25) is 0 Å². The van der Waals surface area contributed by atoms with Gasteiger partial charge in [-0.25, -0.2) is 9.97 Å². The minimum absolute atomic E-state index is 0.722. The van der Waals surface area contributed by atoms with E-state index in [1.807, 2.05) is 17.8 Å². The van der Waals surface area contributed by atoms with Gasteiger partial charge < -0.3 is 10.3 Å². The van der Waals surface area contributed by atoms with Crippen LogP contribution in [0.3, 0.4) is 0 Å². The topological polar surface area (TPSA) is 56.7 Å². The van der Waals surface area contributed by atoms with Gasteiger partial charge in [0.1, 0.15) is 5.52 Å². The molecule has 0 spiro atoms. The molecule has 0 saturated heterocycles. The number of fused-ring (bicyclic) bond motifs is 1. The lowest BCUT2D eigenvalue weighted by Gasteiger charge is -1.99. The van der Waals surface area contributed by atoms with Crippen molar-refractivity contribution < 1.29 is 0 Å². The highest BCUT2D eigenvalue weighted by Gasteiger charge is 2.01. The van der Waals surface area contributed by atoms with E-state index in [9.17, 15) is 0 Å². The molecule has 2 aromatic rings. The molecule has 2 aromatic heterocycles. The number of hydrogen-bond acceptors (Lipinski definition) is 3. The lowest BCUT2D eigenvalue weighted by molar-refractivity contribution is 0.829. The van der Waals surface area contributed by atoms with E-state index in [0.29, 0.717) is 0 Å². The molecule has 0 bridgehead atoms. The van der Waals surface area contributed by atoms with Crippen LogP contribution in [0.1, 0.15) is 12.0 Å². The Morgan fingerprint density at radius 3 is 3.07 bits per heavy atom. The molecule has 0 aliphatic heterocycles. The second-order valence-corrected chi connectivity index (χ2v) is 3.43. The van der Waals surface area contributed by atoms with E-state index in [0.717, 1.165) is 30.6 Å². The van der Waals surface area contributed by atoms with Crippen LogP contribution >= 0.6 is 0 Å². The van der Waals surface area contributed by atoms with Crippen LogP contribution in [0, 0.1) is 0 Å². The van der Waals surface area contributed by atoms with Crippen molar-refractivity contribution in [2.45, 2.75) is 12.8 Å². The van der Waals surface area contributed by atoms with Gasteiger partial charge in [-0.1, -0.05) is 0 Å². The summed E-state index contributed by atoms with van der Waals surface area (Å²) < 4.78 is 1.92. The number of aryl methyl sites for hydroxylation is 2. The van der Waals surface area contributed by atoms with E-state index in [1.165, 1.54) is 5.56 Å². The highest BCUT2D eigenvalue weighted by molar-refractivity contribution is 5.70. The molecule has 74 valence electrons. The summed E-state index contributed by atoms with van der Waals surface area (Å²) in [6.07, 6.45) is 5.67. The summed E-state index contributed by atoms with van der Waals surface area (Å²) in [5, 5.41) is 0. The Bertz CT molecular complexity index is 433. The van der Waals surface area contributed by atoms with Crippen molar-refractivity contribution in [1.29, 1.82) is 0 Å². The molecule has 0 unspecified atom stereocenters. The van der Waals surface area contributed by atoms with E-state index in [2.05, 4.69) is 16.0 Å². The van der Waals surface area contributed by atoms with E-state index in [1.54, 1.807) is 6.33 Å². The molecule has 0 radical (unpaired) electrons. The third-order valence-electron chi connectivity index (χ3n) is 2.28. The molecule has 2 heterocycles. The van der Waals surface area contributed by atoms with Gasteiger partial charge in [0.05, 0.1) is 6.33 Å². The molecule has 0 aliphatic carbocycles. The summed E-state index contributed by atoms with van der Waals surface area (Å²) in [4.78, 5) is 8.61. The molecule has 4 heteroatoms. The van der Waals surface area contributed by atoms with Crippen molar-refractivity contribution in [3.05, 3.63) is 24.2 Å². The second-order valence-electron chi connectivity index (χ2n) is 3.43. The van der Waals surface area contributed by atoms with Crippen molar-refractivity contribution in [3.63, 3.8) is 0 Å². The monoisotopic (exact) mass is 190 g/mol. The van der Waals surface area contributed by atoms with E-state index >= 15 is 0 Å². The zero-order valence-electron chi connectivity index (χ0n) is 8.27. The number of imidazole rings is 1. The number of pyridine rings is 1. The maximum absolute atomic E-state index is 5.45. The van der Waals surface area contributed by atoms with Crippen LogP contribution in [-0.2, 0) is 13.5 Å². The Kier molecular flexibility index (Phi) is 2.45. The van der Waals surface area contributed by atoms with Crippen LogP contribution < -0.4 is 5.73 Å². The summed E-state index contributed by atoms with van der Waals surface area (Å²) in [7, 11) is 1.95. The molecule has 14 heavy (non-hydrogen) atoms. The predicted molar refractivity (Wildman–Crippen MR) is 55.9 cm³/mol. The Morgan fingerprint density at radius 2 is 2.29 bits per heavy atom. The SMILES string of the molecule is Cn1cnc2cc(CCCN)cnc21. The number of nitrogens with zero attached hydrogens (tertiary/aromatic N) is 3. The Hall–Kier alpha value is -1.42.